The molecule has 1 aromatic carbocycles. The summed E-state index contributed by atoms with van der Waals surface area (Å²) in [5.41, 5.74) is 0.777. The number of piperazine rings is 1. The minimum absolute atomic E-state index is 0.0211. The van der Waals surface area contributed by atoms with Crippen molar-refractivity contribution in [1.82, 2.24) is 15.1 Å². The van der Waals surface area contributed by atoms with Crippen LogP contribution in [0.1, 0.15) is 68.1 Å². The van der Waals surface area contributed by atoms with E-state index in [2.05, 4.69) is 15.1 Å². The van der Waals surface area contributed by atoms with Crippen molar-refractivity contribution in [2.24, 2.45) is 0 Å². The van der Waals surface area contributed by atoms with Crippen LogP contribution in [-0.2, 0) is 14.3 Å². The van der Waals surface area contributed by atoms with E-state index in [1.165, 1.54) is 19.3 Å². The molecule has 0 spiro atoms. The van der Waals surface area contributed by atoms with E-state index in [-0.39, 0.29) is 30.3 Å². The second kappa shape index (κ2) is 9.78. The zero-order chi connectivity index (χ0) is 24.7. The topological polar surface area (TPSA) is 82.2 Å². The van der Waals surface area contributed by atoms with Gasteiger partial charge in [0, 0.05) is 50.0 Å². The number of hydrogen-bond acceptors (Lipinski definition) is 6. The van der Waals surface area contributed by atoms with Gasteiger partial charge in [0.25, 0.3) is 5.91 Å². The summed E-state index contributed by atoms with van der Waals surface area (Å²) in [6, 6.07) is 8.12. The maximum Gasteiger partial charge on any atom is 0.252 e. The molecule has 3 saturated heterocycles. The fraction of sp³-hybridized carbons (Fsp3) is 0.679. The number of hydrogen-bond donors (Lipinski definition) is 1. The Labute approximate surface area is 213 Å². The highest BCUT2D eigenvalue weighted by Gasteiger charge is 2.52. The van der Waals surface area contributed by atoms with Crippen LogP contribution in [0.4, 0.5) is 5.69 Å². The van der Waals surface area contributed by atoms with Gasteiger partial charge >= 0.3 is 0 Å². The average molecular weight is 495 g/mol. The van der Waals surface area contributed by atoms with Gasteiger partial charge in [-0.3, -0.25) is 19.3 Å². The third kappa shape index (κ3) is 4.32. The van der Waals surface area contributed by atoms with E-state index in [1.54, 1.807) is 4.90 Å². The summed E-state index contributed by atoms with van der Waals surface area (Å²) >= 11 is 0. The summed E-state index contributed by atoms with van der Waals surface area (Å²) in [7, 11) is 0. The summed E-state index contributed by atoms with van der Waals surface area (Å²) in [5, 5.41) is 3.15. The predicted octanol–water partition coefficient (Wildman–Crippen LogP) is 2.36. The monoisotopic (exact) mass is 494 g/mol. The Morgan fingerprint density at radius 2 is 1.61 bits per heavy atom. The lowest BCUT2D eigenvalue weighted by atomic mass is 9.80. The molecule has 36 heavy (non-hydrogen) atoms. The molecule has 0 bridgehead atoms. The molecule has 5 fully saturated rings. The van der Waals surface area contributed by atoms with E-state index in [0.29, 0.717) is 31.4 Å². The second-order valence-corrected chi connectivity index (χ2v) is 11.3. The molecule has 0 unspecified atom stereocenters. The summed E-state index contributed by atoms with van der Waals surface area (Å²) in [6.45, 7) is 4.83. The number of carbonyl (C=O) groups is 3. The average Bonchev–Trinajstić information content (AvgIpc) is 3.46. The number of anilines is 1. The van der Waals surface area contributed by atoms with Crippen molar-refractivity contribution < 1.29 is 19.1 Å². The van der Waals surface area contributed by atoms with Crippen LogP contribution in [0, 0.1) is 0 Å². The number of amides is 2. The van der Waals surface area contributed by atoms with E-state index >= 15 is 0 Å². The number of Topliss-reactive ketones (excluding diaryl/α,β-unsaturated/α-hetero) is 1. The minimum atomic E-state index is -0.941. The molecule has 8 nitrogen and oxygen atoms in total. The molecule has 1 N–H and O–H groups in total. The van der Waals surface area contributed by atoms with Crippen LogP contribution in [0.2, 0.25) is 0 Å². The maximum atomic E-state index is 13.8. The molecule has 0 aromatic heterocycles. The highest BCUT2D eigenvalue weighted by Crippen LogP contribution is 2.35. The first-order valence-electron chi connectivity index (χ1n) is 13.9. The van der Waals surface area contributed by atoms with Crippen LogP contribution in [0.3, 0.4) is 0 Å². The summed E-state index contributed by atoms with van der Waals surface area (Å²) in [4.78, 5) is 46.3. The molecule has 2 aliphatic carbocycles. The molecule has 2 saturated carbocycles. The van der Waals surface area contributed by atoms with Gasteiger partial charge < -0.3 is 19.9 Å². The fourth-order valence-corrected chi connectivity index (χ4v) is 6.85. The van der Waals surface area contributed by atoms with E-state index in [0.717, 1.165) is 57.2 Å². The fourth-order valence-electron chi connectivity index (χ4n) is 6.85. The zero-order valence-electron chi connectivity index (χ0n) is 21.1. The predicted molar refractivity (Wildman–Crippen MR) is 136 cm³/mol. The molecule has 3 heterocycles. The normalized spacial score (nSPS) is 28.6. The number of ether oxygens (including phenoxy) is 1. The molecule has 6 rings (SSSR count). The van der Waals surface area contributed by atoms with E-state index in [9.17, 15) is 14.4 Å². The van der Waals surface area contributed by atoms with Crippen molar-refractivity contribution in [2.45, 2.75) is 81.5 Å². The quantitative estimate of drug-likeness (QED) is 0.677. The van der Waals surface area contributed by atoms with Crippen LogP contribution < -0.4 is 10.2 Å². The molecular weight excluding hydrogens is 456 g/mol. The van der Waals surface area contributed by atoms with Crippen molar-refractivity contribution >= 4 is 23.3 Å². The number of nitrogens with zero attached hydrogens (tertiary/aromatic N) is 3. The number of carbonyl (C=O) groups excluding carboxylic acids is 3. The van der Waals surface area contributed by atoms with Crippen LogP contribution in [0.5, 0.6) is 0 Å². The van der Waals surface area contributed by atoms with Gasteiger partial charge in [-0.1, -0.05) is 25.7 Å². The Kier molecular flexibility index (Phi) is 6.50. The molecule has 8 heteroatoms. The van der Waals surface area contributed by atoms with Crippen LogP contribution in [0.25, 0.3) is 0 Å². The lowest BCUT2D eigenvalue weighted by Gasteiger charge is -2.43. The standard InChI is InChI=1S/C28H38N4O4/c33-23-19-36-24-11-14-32(25(23)24)27(35)28(12-2-1-3-13-28)29-26(34)20-7-9-22(10-8-20)31-17-15-30(16-18-31)21-5-4-6-21/h7-10,21,24-25H,1-6,11-19H2,(H,29,34)/t24-,25-/m1/s1. The zero-order valence-corrected chi connectivity index (χ0v) is 21.1. The number of likely N-dealkylation sites (tertiary alicyclic amines) is 1. The highest BCUT2D eigenvalue weighted by atomic mass is 16.5. The molecule has 5 aliphatic rings. The number of benzene rings is 1. The summed E-state index contributed by atoms with van der Waals surface area (Å²) in [5.74, 6) is -0.341. The second-order valence-electron chi connectivity index (χ2n) is 11.3. The van der Waals surface area contributed by atoms with Crippen molar-refractivity contribution in [3.8, 4) is 0 Å². The number of fused-ring (bicyclic) bond motifs is 1. The Hall–Kier alpha value is -2.45. The molecule has 3 aliphatic heterocycles. The first-order chi connectivity index (χ1) is 17.5. The largest absolute Gasteiger partial charge is 0.369 e. The molecule has 1 aromatic rings. The van der Waals surface area contributed by atoms with Gasteiger partial charge in [0.1, 0.15) is 18.2 Å². The van der Waals surface area contributed by atoms with E-state index < -0.39 is 11.6 Å². The van der Waals surface area contributed by atoms with Gasteiger partial charge in [-0.05, 0) is 56.4 Å². The van der Waals surface area contributed by atoms with Crippen LogP contribution in [0.15, 0.2) is 24.3 Å². The lowest BCUT2D eigenvalue weighted by Crippen LogP contribution is -2.62. The van der Waals surface area contributed by atoms with Gasteiger partial charge in [-0.2, -0.15) is 0 Å². The number of rotatable bonds is 5. The van der Waals surface area contributed by atoms with Crippen molar-refractivity contribution in [1.29, 1.82) is 0 Å². The van der Waals surface area contributed by atoms with Crippen molar-refractivity contribution in [3.05, 3.63) is 29.8 Å². The van der Waals surface area contributed by atoms with Gasteiger partial charge in [0.2, 0.25) is 5.91 Å². The first-order valence-corrected chi connectivity index (χ1v) is 13.9. The first kappa shape index (κ1) is 23.9. The van der Waals surface area contributed by atoms with Gasteiger partial charge in [-0.15, -0.1) is 0 Å². The molecule has 2 atom stereocenters. The SMILES string of the molecule is O=C(NC1(C(=O)N2CC[C@H]3OCC(=O)[C@H]32)CCCCC1)c1ccc(N2CCN(C3CCC3)CC2)cc1. The van der Waals surface area contributed by atoms with Gasteiger partial charge in [-0.25, -0.2) is 0 Å². The van der Waals surface area contributed by atoms with E-state index in [4.69, 9.17) is 4.74 Å². The Balaban J connectivity index is 1.12. The Morgan fingerprint density at radius 3 is 2.28 bits per heavy atom. The van der Waals surface area contributed by atoms with Gasteiger partial charge in [0.05, 0.1) is 6.10 Å². The summed E-state index contributed by atoms with van der Waals surface area (Å²) < 4.78 is 5.59. The van der Waals surface area contributed by atoms with Crippen LogP contribution >= 0.6 is 0 Å². The van der Waals surface area contributed by atoms with Gasteiger partial charge in [0.15, 0.2) is 5.78 Å². The smallest absolute Gasteiger partial charge is 0.252 e. The Bertz CT molecular complexity index is 993. The molecule has 194 valence electrons. The van der Waals surface area contributed by atoms with Crippen molar-refractivity contribution in [3.63, 3.8) is 0 Å². The van der Waals surface area contributed by atoms with E-state index in [1.807, 2.05) is 24.3 Å². The minimum Gasteiger partial charge on any atom is -0.369 e. The van der Waals surface area contributed by atoms with Crippen molar-refractivity contribution in [2.75, 3.05) is 44.2 Å². The molecule has 0 radical (unpaired) electrons. The van der Waals surface area contributed by atoms with Crippen LogP contribution in [-0.4, -0.2) is 90.5 Å². The maximum absolute atomic E-state index is 13.8. The summed E-state index contributed by atoms with van der Waals surface area (Å²) in [6.07, 6.45) is 8.62. The number of ketones is 1. The third-order valence-corrected chi connectivity index (χ3v) is 9.24. The highest BCUT2D eigenvalue weighted by molar-refractivity contribution is 6.01. The third-order valence-electron chi connectivity index (χ3n) is 9.24. The molecular formula is C28H38N4O4. The lowest BCUT2D eigenvalue weighted by molar-refractivity contribution is -0.143. The molecule has 2 amide bonds. The number of nitrogens with one attached hydrogen (secondary N) is 1. The Morgan fingerprint density at radius 1 is 0.889 bits per heavy atom.